The van der Waals surface area contributed by atoms with Gasteiger partial charge in [-0.1, -0.05) is 13.8 Å². The summed E-state index contributed by atoms with van der Waals surface area (Å²) >= 11 is 0. The maximum absolute atomic E-state index is 11.9. The number of nitrogens with one attached hydrogen (secondary N) is 3. The van der Waals surface area contributed by atoms with E-state index in [0.29, 0.717) is 13.1 Å². The van der Waals surface area contributed by atoms with E-state index in [-0.39, 0.29) is 17.2 Å². The number of amidine groups is 1. The highest BCUT2D eigenvalue weighted by Gasteiger charge is 2.21. The van der Waals surface area contributed by atoms with Crippen molar-refractivity contribution in [3.8, 4) is 0 Å². The maximum Gasteiger partial charge on any atom is 0.302 e. The quantitative estimate of drug-likeness (QED) is 0.413. The normalized spacial score (nSPS) is 11.7. The van der Waals surface area contributed by atoms with Gasteiger partial charge in [0.05, 0.1) is 11.8 Å². The molecule has 1 heterocycles. The minimum Gasteiger partial charge on any atom is -0.384 e. The molecule has 0 aliphatic heterocycles. The molecule has 0 amide bonds. The van der Waals surface area contributed by atoms with Crippen molar-refractivity contribution in [2.24, 2.45) is 5.73 Å². The molecule has 0 aliphatic carbocycles. The van der Waals surface area contributed by atoms with Gasteiger partial charge in [0.15, 0.2) is 0 Å². The fourth-order valence-corrected chi connectivity index (χ4v) is 2.55. The molecule has 1 aromatic heterocycles. The average Bonchev–Trinajstić information content (AvgIpc) is 2.66. The van der Waals surface area contributed by atoms with Gasteiger partial charge in [-0.3, -0.25) is 15.2 Å². The molecule has 1 rings (SSSR count). The predicted molar refractivity (Wildman–Crippen MR) is 65.1 cm³/mol. The topological polar surface area (TPSA) is 128 Å². The second-order valence-electron chi connectivity index (χ2n) is 3.26. The molecule has 17 heavy (non-hydrogen) atoms. The predicted octanol–water partition coefficient (Wildman–Crippen LogP) is -0.308. The number of aromatic amines is 1. The van der Waals surface area contributed by atoms with Crippen LogP contribution >= 0.6 is 0 Å². The lowest BCUT2D eigenvalue weighted by atomic mass is 10.3. The summed E-state index contributed by atoms with van der Waals surface area (Å²) < 4.78 is 27.3. The molecule has 0 aromatic carbocycles. The summed E-state index contributed by atoms with van der Waals surface area (Å²) in [5.74, 6) is -0.152. The standard InChI is InChI=1S/C8H16N6O2S/c1-3-14(4-2)17(15,16)13-8-6(7(9)10)5-11-12-8/h5H,3-4H2,1-2H3,(H3,9,10)(H2,11,12,13). The Hall–Kier alpha value is -1.61. The first kappa shape index (κ1) is 13.5. The second-order valence-corrected chi connectivity index (χ2v) is 4.93. The Labute approximate surface area is 99.9 Å². The summed E-state index contributed by atoms with van der Waals surface area (Å²) in [6.07, 6.45) is 1.29. The van der Waals surface area contributed by atoms with Gasteiger partial charge < -0.3 is 5.73 Å². The summed E-state index contributed by atoms with van der Waals surface area (Å²) in [7, 11) is -3.64. The highest BCUT2D eigenvalue weighted by molar-refractivity contribution is 7.90. The zero-order chi connectivity index (χ0) is 13.1. The van der Waals surface area contributed by atoms with Crippen molar-refractivity contribution in [1.29, 1.82) is 5.41 Å². The minimum absolute atomic E-state index is 0.101. The Balaban J connectivity index is 2.98. The Kier molecular flexibility index (Phi) is 4.07. The van der Waals surface area contributed by atoms with E-state index in [9.17, 15) is 8.42 Å². The molecule has 0 saturated heterocycles. The van der Waals surface area contributed by atoms with Gasteiger partial charge in [0.25, 0.3) is 0 Å². The third-order valence-electron chi connectivity index (χ3n) is 2.21. The van der Waals surface area contributed by atoms with Crippen LogP contribution in [0, 0.1) is 5.41 Å². The minimum atomic E-state index is -3.64. The van der Waals surface area contributed by atoms with E-state index < -0.39 is 10.2 Å². The molecule has 0 aliphatic rings. The molecule has 1 aromatic rings. The lowest BCUT2D eigenvalue weighted by Gasteiger charge is -2.18. The smallest absolute Gasteiger partial charge is 0.302 e. The van der Waals surface area contributed by atoms with Crippen molar-refractivity contribution < 1.29 is 8.42 Å². The summed E-state index contributed by atoms with van der Waals surface area (Å²) in [6.45, 7) is 4.19. The first-order valence-electron chi connectivity index (χ1n) is 5.08. The number of hydrogen-bond acceptors (Lipinski definition) is 4. The summed E-state index contributed by atoms with van der Waals surface area (Å²) in [6, 6.07) is 0. The molecular formula is C8H16N6O2S. The van der Waals surface area contributed by atoms with Gasteiger partial charge in [-0.05, 0) is 0 Å². The molecule has 5 N–H and O–H groups in total. The monoisotopic (exact) mass is 260 g/mol. The van der Waals surface area contributed by atoms with E-state index in [1.165, 1.54) is 10.5 Å². The van der Waals surface area contributed by atoms with Crippen LogP contribution in [0.1, 0.15) is 19.4 Å². The summed E-state index contributed by atoms with van der Waals surface area (Å²) in [5.41, 5.74) is 5.52. The Morgan fingerprint density at radius 1 is 1.59 bits per heavy atom. The van der Waals surface area contributed by atoms with Crippen molar-refractivity contribution in [1.82, 2.24) is 14.5 Å². The Morgan fingerprint density at radius 3 is 2.65 bits per heavy atom. The maximum atomic E-state index is 11.9. The molecule has 0 fully saturated rings. The first-order chi connectivity index (χ1) is 7.92. The number of aromatic nitrogens is 2. The van der Waals surface area contributed by atoms with Crippen LogP contribution in [0.3, 0.4) is 0 Å². The van der Waals surface area contributed by atoms with Crippen LogP contribution in [0.25, 0.3) is 0 Å². The molecule has 0 saturated carbocycles. The van der Waals surface area contributed by atoms with E-state index in [1.54, 1.807) is 13.8 Å². The van der Waals surface area contributed by atoms with Crippen LogP contribution in [-0.4, -0.2) is 41.8 Å². The van der Waals surface area contributed by atoms with E-state index in [1.807, 2.05) is 0 Å². The lowest BCUT2D eigenvalue weighted by molar-refractivity contribution is 0.449. The number of nitrogens with two attached hydrogens (primary N) is 1. The molecule has 8 nitrogen and oxygen atoms in total. The van der Waals surface area contributed by atoms with Crippen molar-refractivity contribution in [3.05, 3.63) is 11.8 Å². The first-order valence-corrected chi connectivity index (χ1v) is 6.52. The lowest BCUT2D eigenvalue weighted by Crippen LogP contribution is -2.36. The molecule has 0 unspecified atom stereocenters. The zero-order valence-corrected chi connectivity index (χ0v) is 10.5. The van der Waals surface area contributed by atoms with Crippen LogP contribution < -0.4 is 10.5 Å². The van der Waals surface area contributed by atoms with Crippen molar-refractivity contribution in [2.45, 2.75) is 13.8 Å². The van der Waals surface area contributed by atoms with Crippen LogP contribution in [0.4, 0.5) is 5.82 Å². The summed E-state index contributed by atoms with van der Waals surface area (Å²) in [4.78, 5) is 0. The molecular weight excluding hydrogens is 244 g/mol. The number of hydrogen-bond donors (Lipinski definition) is 4. The number of nitrogens with zero attached hydrogens (tertiary/aromatic N) is 2. The van der Waals surface area contributed by atoms with Crippen molar-refractivity contribution >= 4 is 21.9 Å². The van der Waals surface area contributed by atoms with E-state index in [2.05, 4.69) is 14.9 Å². The van der Waals surface area contributed by atoms with Crippen molar-refractivity contribution in [3.63, 3.8) is 0 Å². The number of nitrogen functional groups attached to an aromatic ring is 1. The Morgan fingerprint density at radius 2 is 2.18 bits per heavy atom. The van der Waals surface area contributed by atoms with Crippen molar-refractivity contribution in [2.75, 3.05) is 17.8 Å². The third kappa shape index (κ3) is 2.94. The number of rotatable bonds is 6. The van der Waals surface area contributed by atoms with E-state index >= 15 is 0 Å². The third-order valence-corrected chi connectivity index (χ3v) is 3.86. The highest BCUT2D eigenvalue weighted by atomic mass is 32.2. The van der Waals surface area contributed by atoms with E-state index in [4.69, 9.17) is 11.1 Å². The fourth-order valence-electron chi connectivity index (χ4n) is 1.33. The van der Waals surface area contributed by atoms with Gasteiger partial charge in [-0.2, -0.15) is 17.8 Å². The largest absolute Gasteiger partial charge is 0.384 e. The highest BCUT2D eigenvalue weighted by Crippen LogP contribution is 2.13. The molecule has 9 heteroatoms. The van der Waals surface area contributed by atoms with Crippen LogP contribution in [0.5, 0.6) is 0 Å². The molecule has 0 bridgehead atoms. The Bertz CT molecular complexity index is 490. The molecule has 0 radical (unpaired) electrons. The number of H-pyrrole nitrogens is 1. The fraction of sp³-hybridized carbons (Fsp3) is 0.500. The molecule has 96 valence electrons. The van der Waals surface area contributed by atoms with Gasteiger partial charge >= 0.3 is 10.2 Å². The van der Waals surface area contributed by atoms with Gasteiger partial charge in [-0.25, -0.2) is 0 Å². The average molecular weight is 260 g/mol. The van der Waals surface area contributed by atoms with E-state index in [0.717, 1.165) is 0 Å². The van der Waals surface area contributed by atoms with Gasteiger partial charge in [-0.15, -0.1) is 0 Å². The van der Waals surface area contributed by atoms with Crippen LogP contribution in [0.15, 0.2) is 6.20 Å². The van der Waals surface area contributed by atoms with Gasteiger partial charge in [0, 0.05) is 13.1 Å². The van der Waals surface area contributed by atoms with Crippen LogP contribution in [0.2, 0.25) is 0 Å². The molecule has 0 spiro atoms. The zero-order valence-electron chi connectivity index (χ0n) is 9.69. The summed E-state index contributed by atoms with van der Waals surface area (Å²) in [5, 5.41) is 13.4. The second kappa shape index (κ2) is 5.15. The van der Waals surface area contributed by atoms with Crippen LogP contribution in [-0.2, 0) is 10.2 Å². The number of anilines is 1. The molecule has 0 atom stereocenters. The van der Waals surface area contributed by atoms with Gasteiger partial charge in [0.2, 0.25) is 0 Å². The SMILES string of the molecule is CCN(CC)S(=O)(=O)Nc1[nH]ncc1C(=N)N. The van der Waals surface area contributed by atoms with Gasteiger partial charge in [0.1, 0.15) is 11.7 Å².